The molecule has 1 aliphatic rings. The zero-order valence-electron chi connectivity index (χ0n) is 20.6. The molecule has 1 aliphatic heterocycles. The van der Waals surface area contributed by atoms with E-state index in [-0.39, 0.29) is 27.7 Å². The van der Waals surface area contributed by atoms with E-state index in [0.717, 1.165) is 0 Å². The average molecular weight is 469 g/mol. The van der Waals surface area contributed by atoms with E-state index in [4.69, 9.17) is 18.6 Å². The van der Waals surface area contributed by atoms with Gasteiger partial charge in [0.25, 0.3) is 0 Å². The van der Waals surface area contributed by atoms with Crippen LogP contribution in [0.1, 0.15) is 51.7 Å². The largest absolute Gasteiger partial charge is 0.507 e. The quantitative estimate of drug-likeness (QED) is 0.526. The molecule has 2 N–H and O–H groups in total. The van der Waals surface area contributed by atoms with E-state index in [1.165, 1.54) is 13.4 Å². The van der Waals surface area contributed by atoms with E-state index < -0.39 is 11.2 Å². The van der Waals surface area contributed by atoms with Crippen molar-refractivity contribution in [1.82, 2.24) is 0 Å². The number of hydrogen-bond donors (Lipinski definition) is 2. The fourth-order valence-corrected chi connectivity index (χ4v) is 4.42. The smallest absolute Gasteiger partial charge is 0.204 e. The van der Waals surface area contributed by atoms with Gasteiger partial charge in [0.05, 0.1) is 25.4 Å². The van der Waals surface area contributed by atoms with Crippen LogP contribution in [0.4, 0.5) is 0 Å². The summed E-state index contributed by atoms with van der Waals surface area (Å²) in [5.74, 6) is 1.48. The highest BCUT2D eigenvalue weighted by Crippen LogP contribution is 2.46. The number of ether oxygens (including phenoxy) is 3. The molecule has 4 rings (SSSR count). The van der Waals surface area contributed by atoms with E-state index in [9.17, 15) is 15.0 Å². The van der Waals surface area contributed by atoms with Gasteiger partial charge in [0.1, 0.15) is 45.8 Å². The van der Waals surface area contributed by atoms with Gasteiger partial charge in [-0.2, -0.15) is 0 Å². The molecule has 0 unspecified atom stereocenters. The molecule has 0 aliphatic carbocycles. The number of phenolic OH excluding ortho intramolecular Hbond substituents is 1. The molecule has 182 valence electrons. The summed E-state index contributed by atoms with van der Waals surface area (Å²) in [6.07, 6.45) is 3.51. The Bertz CT molecular complexity index is 1300. The number of aromatic hydroxyl groups is 1. The summed E-state index contributed by atoms with van der Waals surface area (Å²) in [5, 5.41) is 21.7. The monoisotopic (exact) mass is 468 g/mol. The lowest BCUT2D eigenvalue weighted by Crippen LogP contribution is -2.33. The maximum absolute atomic E-state index is 13.7. The molecule has 1 aromatic heterocycles. The average Bonchev–Trinajstić information content (AvgIpc) is 2.77. The van der Waals surface area contributed by atoms with Gasteiger partial charge in [0.2, 0.25) is 5.43 Å². The minimum atomic E-state index is -0.919. The number of aryl methyl sites for hydroxylation is 1. The van der Waals surface area contributed by atoms with Crippen molar-refractivity contribution in [2.45, 2.75) is 64.6 Å². The van der Waals surface area contributed by atoms with Crippen molar-refractivity contribution in [3.63, 3.8) is 0 Å². The van der Waals surface area contributed by atoms with Gasteiger partial charge in [-0.25, -0.2) is 0 Å². The molecule has 0 amide bonds. The molecule has 0 saturated heterocycles. The fourth-order valence-electron chi connectivity index (χ4n) is 4.42. The van der Waals surface area contributed by atoms with Crippen molar-refractivity contribution in [2.75, 3.05) is 14.2 Å². The predicted molar refractivity (Wildman–Crippen MR) is 130 cm³/mol. The van der Waals surface area contributed by atoms with Crippen molar-refractivity contribution >= 4 is 11.0 Å². The number of fused-ring (bicyclic) bond motifs is 2. The highest BCUT2D eigenvalue weighted by Gasteiger charge is 2.34. The molecular weight excluding hydrogens is 436 g/mol. The molecule has 0 saturated carbocycles. The van der Waals surface area contributed by atoms with Gasteiger partial charge in [0, 0.05) is 22.8 Å². The third-order valence-electron chi connectivity index (χ3n) is 6.38. The molecule has 0 fully saturated rings. The maximum atomic E-state index is 13.7. The van der Waals surface area contributed by atoms with Crippen LogP contribution in [0.25, 0.3) is 22.1 Å². The van der Waals surface area contributed by atoms with Crippen LogP contribution in [-0.2, 0) is 12.8 Å². The summed E-state index contributed by atoms with van der Waals surface area (Å²) >= 11 is 0. The van der Waals surface area contributed by atoms with E-state index in [0.29, 0.717) is 59.6 Å². The summed E-state index contributed by atoms with van der Waals surface area (Å²) in [4.78, 5) is 13.7. The summed E-state index contributed by atoms with van der Waals surface area (Å²) < 4.78 is 23.1. The highest BCUT2D eigenvalue weighted by atomic mass is 16.5. The minimum absolute atomic E-state index is 0.114. The van der Waals surface area contributed by atoms with Crippen LogP contribution >= 0.6 is 0 Å². The second-order valence-corrected chi connectivity index (χ2v) is 10.1. The summed E-state index contributed by atoms with van der Waals surface area (Å²) in [6.45, 7) is 7.45. The van der Waals surface area contributed by atoms with Gasteiger partial charge < -0.3 is 28.8 Å². The van der Waals surface area contributed by atoms with Crippen molar-refractivity contribution in [2.24, 2.45) is 0 Å². The first-order valence-corrected chi connectivity index (χ1v) is 11.4. The molecule has 0 atom stereocenters. The second kappa shape index (κ2) is 8.55. The SMILES string of the molecule is COc1ccc(-c2coc3c(CCC(C)(C)O)c4c(c(O)c3c2=O)CCC(C)(C)O4)c(OC)c1. The lowest BCUT2D eigenvalue weighted by molar-refractivity contribution is 0.0684. The Kier molecular flexibility index (Phi) is 6.02. The molecule has 2 heterocycles. The third kappa shape index (κ3) is 4.32. The number of hydrogen-bond acceptors (Lipinski definition) is 7. The molecule has 34 heavy (non-hydrogen) atoms. The summed E-state index contributed by atoms with van der Waals surface area (Å²) in [6, 6.07) is 5.15. The third-order valence-corrected chi connectivity index (χ3v) is 6.38. The Morgan fingerprint density at radius 3 is 2.53 bits per heavy atom. The van der Waals surface area contributed by atoms with Crippen LogP contribution in [0, 0.1) is 0 Å². The Balaban J connectivity index is 1.99. The first kappa shape index (κ1) is 24.0. The molecule has 2 aromatic carbocycles. The van der Waals surface area contributed by atoms with E-state index >= 15 is 0 Å². The van der Waals surface area contributed by atoms with Crippen LogP contribution in [0.3, 0.4) is 0 Å². The molecule has 0 radical (unpaired) electrons. The molecule has 0 spiro atoms. The van der Waals surface area contributed by atoms with Crippen molar-refractivity contribution in [3.05, 3.63) is 45.8 Å². The molecular formula is C27H32O7. The van der Waals surface area contributed by atoms with Crippen molar-refractivity contribution < 1.29 is 28.8 Å². The maximum Gasteiger partial charge on any atom is 0.204 e. The van der Waals surface area contributed by atoms with E-state index in [2.05, 4.69) is 0 Å². The van der Waals surface area contributed by atoms with E-state index in [1.54, 1.807) is 39.2 Å². The van der Waals surface area contributed by atoms with Crippen molar-refractivity contribution in [1.29, 1.82) is 0 Å². The van der Waals surface area contributed by atoms with Gasteiger partial charge >= 0.3 is 0 Å². The number of methoxy groups -OCH3 is 2. The Hall–Kier alpha value is -3.19. The lowest BCUT2D eigenvalue weighted by atomic mass is 9.88. The Morgan fingerprint density at radius 2 is 1.88 bits per heavy atom. The van der Waals surface area contributed by atoms with Gasteiger partial charge in [-0.15, -0.1) is 0 Å². The minimum Gasteiger partial charge on any atom is -0.507 e. The molecule has 3 aromatic rings. The van der Waals surface area contributed by atoms with Crippen LogP contribution in [0.5, 0.6) is 23.0 Å². The predicted octanol–water partition coefficient (Wildman–Crippen LogP) is 4.99. The number of rotatable bonds is 6. The lowest BCUT2D eigenvalue weighted by Gasteiger charge is -2.35. The van der Waals surface area contributed by atoms with Gasteiger partial charge in [0.15, 0.2) is 0 Å². The van der Waals surface area contributed by atoms with Crippen molar-refractivity contribution in [3.8, 4) is 34.1 Å². The Morgan fingerprint density at radius 1 is 1.15 bits per heavy atom. The zero-order valence-corrected chi connectivity index (χ0v) is 20.6. The first-order chi connectivity index (χ1) is 16.0. The standard InChI is InChI=1S/C27H32O7/c1-26(2,30)11-9-18-24-17(10-12-27(3,4)34-24)22(28)21-23(29)19(14-33-25(18)21)16-8-7-15(31-5)13-20(16)32-6/h7-8,13-14,28,30H,9-12H2,1-6H3. The summed E-state index contributed by atoms with van der Waals surface area (Å²) in [5.41, 5.74) is 0.662. The van der Waals surface area contributed by atoms with Gasteiger partial charge in [-0.3, -0.25) is 4.79 Å². The number of aliphatic hydroxyl groups is 1. The molecule has 0 bridgehead atoms. The molecule has 7 heteroatoms. The van der Waals surface area contributed by atoms with E-state index in [1.807, 2.05) is 13.8 Å². The first-order valence-electron chi connectivity index (χ1n) is 11.4. The van der Waals surface area contributed by atoms with Crippen LogP contribution < -0.4 is 19.6 Å². The topological polar surface area (TPSA) is 98.4 Å². The molecule has 7 nitrogen and oxygen atoms in total. The normalized spacial score (nSPS) is 15.0. The highest BCUT2D eigenvalue weighted by molar-refractivity contribution is 5.93. The number of phenols is 1. The second-order valence-electron chi connectivity index (χ2n) is 10.1. The van der Waals surface area contributed by atoms with Crippen LogP contribution in [-0.4, -0.2) is 35.6 Å². The Labute approximate surface area is 198 Å². The zero-order chi connectivity index (χ0) is 24.8. The van der Waals surface area contributed by atoms with Gasteiger partial charge in [-0.05, 0) is 65.5 Å². The van der Waals surface area contributed by atoms with Crippen LogP contribution in [0.15, 0.2) is 33.7 Å². The fraction of sp³-hybridized carbons (Fsp3) is 0.444. The van der Waals surface area contributed by atoms with Crippen LogP contribution in [0.2, 0.25) is 0 Å². The summed E-state index contributed by atoms with van der Waals surface area (Å²) in [7, 11) is 3.07. The number of benzene rings is 2. The van der Waals surface area contributed by atoms with Gasteiger partial charge in [-0.1, -0.05) is 0 Å².